The minimum atomic E-state index is -4.45. The van der Waals surface area contributed by atoms with Crippen LogP contribution in [0.15, 0.2) is 48.0 Å². The van der Waals surface area contributed by atoms with E-state index in [1.807, 2.05) is 6.07 Å². The van der Waals surface area contributed by atoms with Crippen molar-refractivity contribution in [2.24, 2.45) is 5.92 Å². The van der Waals surface area contributed by atoms with Gasteiger partial charge < -0.3 is 19.9 Å². The van der Waals surface area contributed by atoms with Crippen molar-refractivity contribution in [2.45, 2.75) is 25.4 Å². The smallest absolute Gasteiger partial charge is 0.416 e. The number of thiazole rings is 1. The number of nitrogens with zero attached hydrogens (tertiary/aromatic N) is 1. The van der Waals surface area contributed by atoms with Gasteiger partial charge in [-0.3, -0.25) is 0 Å². The number of aromatic nitrogens is 1. The van der Waals surface area contributed by atoms with E-state index in [9.17, 15) is 18.0 Å². The molecule has 1 heterocycles. The first-order valence-corrected chi connectivity index (χ1v) is 11.9. The Balaban J connectivity index is 0.000000196. The fourth-order valence-corrected chi connectivity index (χ4v) is 4.12. The van der Waals surface area contributed by atoms with E-state index >= 15 is 0 Å². The first-order chi connectivity index (χ1) is 16.7. The van der Waals surface area contributed by atoms with Crippen LogP contribution in [0.1, 0.15) is 34.5 Å². The molecule has 1 aliphatic rings. The van der Waals surface area contributed by atoms with Crippen LogP contribution < -0.4 is 14.8 Å². The number of benzene rings is 2. The number of nitrogens with one attached hydrogen (secondary N) is 1. The van der Waals surface area contributed by atoms with Crippen molar-refractivity contribution in [1.82, 2.24) is 10.3 Å². The van der Waals surface area contributed by atoms with Crippen molar-refractivity contribution >= 4 is 17.3 Å². The fourth-order valence-electron chi connectivity index (χ4n) is 3.34. The number of carboxylic acid groups (broad SMARTS) is 1. The van der Waals surface area contributed by atoms with Gasteiger partial charge in [0.25, 0.3) is 0 Å². The largest absolute Gasteiger partial charge is 0.493 e. The summed E-state index contributed by atoms with van der Waals surface area (Å²) in [4.78, 5) is 14.7. The van der Waals surface area contributed by atoms with E-state index in [4.69, 9.17) is 14.6 Å². The van der Waals surface area contributed by atoms with Gasteiger partial charge in [0.05, 0.1) is 30.2 Å². The molecule has 0 radical (unpaired) electrons. The number of aromatic carboxylic acids is 1. The highest BCUT2D eigenvalue weighted by Gasteiger charge is 2.31. The minimum absolute atomic E-state index is 0.199. The van der Waals surface area contributed by atoms with Gasteiger partial charge >= 0.3 is 12.1 Å². The number of hydrogen-bond donors (Lipinski definition) is 2. The Labute approximate surface area is 205 Å². The Morgan fingerprint density at radius 1 is 1.14 bits per heavy atom. The van der Waals surface area contributed by atoms with Crippen LogP contribution in [0.5, 0.6) is 11.5 Å². The highest BCUT2D eigenvalue weighted by molar-refractivity contribution is 7.13. The lowest BCUT2D eigenvalue weighted by molar-refractivity contribution is -0.137. The normalized spacial score (nSPS) is 13.1. The number of hydrogen-bond acceptors (Lipinski definition) is 6. The molecule has 0 bridgehead atoms. The van der Waals surface area contributed by atoms with E-state index in [0.29, 0.717) is 0 Å². The number of alkyl halides is 3. The number of methoxy groups -OCH3 is 2. The summed E-state index contributed by atoms with van der Waals surface area (Å²) in [6, 6.07) is 10.6. The van der Waals surface area contributed by atoms with Crippen LogP contribution in [0.25, 0.3) is 10.4 Å². The van der Waals surface area contributed by atoms with E-state index in [1.165, 1.54) is 42.6 Å². The molecule has 0 aliphatic heterocycles. The van der Waals surface area contributed by atoms with Gasteiger partial charge in [-0.25, -0.2) is 9.78 Å². The molecule has 0 atom stereocenters. The van der Waals surface area contributed by atoms with E-state index in [-0.39, 0.29) is 16.1 Å². The third kappa shape index (κ3) is 7.69. The summed E-state index contributed by atoms with van der Waals surface area (Å²) in [7, 11) is 3.34. The van der Waals surface area contributed by atoms with Gasteiger partial charge in [0.2, 0.25) is 0 Å². The molecular formula is C25H27F3N2O4S. The van der Waals surface area contributed by atoms with E-state index in [2.05, 4.69) is 22.4 Å². The summed E-state index contributed by atoms with van der Waals surface area (Å²) in [5.41, 5.74) is 1.72. The lowest BCUT2D eigenvalue weighted by atomic mass is 10.1. The zero-order valence-electron chi connectivity index (χ0n) is 19.4. The summed E-state index contributed by atoms with van der Waals surface area (Å²) in [5, 5.41) is 12.4. The van der Waals surface area contributed by atoms with Gasteiger partial charge in [-0.05, 0) is 73.7 Å². The molecule has 2 aromatic carbocycles. The maximum Gasteiger partial charge on any atom is 0.416 e. The van der Waals surface area contributed by atoms with E-state index in [0.717, 1.165) is 53.9 Å². The average molecular weight is 509 g/mol. The Hall–Kier alpha value is -3.11. The van der Waals surface area contributed by atoms with Crippen molar-refractivity contribution in [3.63, 3.8) is 0 Å². The molecule has 188 valence electrons. The third-order valence-electron chi connectivity index (χ3n) is 5.39. The molecule has 10 heteroatoms. The second-order valence-electron chi connectivity index (χ2n) is 8.00. The maximum atomic E-state index is 12.5. The Morgan fingerprint density at radius 2 is 1.89 bits per heavy atom. The lowest BCUT2D eigenvalue weighted by Crippen LogP contribution is -2.19. The molecule has 0 saturated heterocycles. The molecule has 35 heavy (non-hydrogen) atoms. The zero-order chi connectivity index (χ0) is 25.4. The van der Waals surface area contributed by atoms with Gasteiger partial charge in [-0.15, -0.1) is 11.3 Å². The topological polar surface area (TPSA) is 80.7 Å². The molecule has 1 saturated carbocycles. The fraction of sp³-hybridized carbons (Fsp3) is 0.360. The van der Waals surface area contributed by atoms with Gasteiger partial charge in [-0.2, -0.15) is 13.2 Å². The highest BCUT2D eigenvalue weighted by atomic mass is 32.1. The number of halogens is 3. The predicted octanol–water partition coefficient (Wildman–Crippen LogP) is 5.77. The first-order valence-electron chi connectivity index (χ1n) is 11.0. The van der Waals surface area contributed by atoms with E-state index < -0.39 is 17.7 Å². The standard InChI is InChI=1S/C14H21NO2.C11H6F3NO2S/c1-16-13-6-5-11(9-14(13)17-2)7-8-15-10-12-3-4-12;12-11(13,14)7-3-1-2-6(4-7)9-8(10(16)17)15-5-18-9/h5-6,9,12,15H,3-4,7-8,10H2,1-2H3;1-5H,(H,16,17). The number of carbonyl (C=O) groups is 1. The lowest BCUT2D eigenvalue weighted by Gasteiger charge is -2.09. The van der Waals surface area contributed by atoms with Crippen molar-refractivity contribution in [3.05, 3.63) is 64.8 Å². The molecule has 0 unspecified atom stereocenters. The molecule has 0 amide bonds. The SMILES string of the molecule is COc1ccc(CCNCC2CC2)cc1OC.O=C(O)c1ncsc1-c1cccc(C(F)(F)F)c1. The van der Waals surface area contributed by atoms with Gasteiger partial charge in [0, 0.05) is 0 Å². The second-order valence-corrected chi connectivity index (χ2v) is 8.86. The van der Waals surface area contributed by atoms with E-state index in [1.54, 1.807) is 14.2 Å². The molecule has 4 rings (SSSR count). The molecule has 1 aromatic heterocycles. The molecule has 1 fully saturated rings. The maximum absolute atomic E-state index is 12.5. The monoisotopic (exact) mass is 508 g/mol. The molecule has 2 N–H and O–H groups in total. The second kappa shape index (κ2) is 12.0. The summed E-state index contributed by atoms with van der Waals surface area (Å²) in [5.74, 6) is 1.29. The quantitative estimate of drug-likeness (QED) is 0.357. The molecule has 6 nitrogen and oxygen atoms in total. The molecular weight excluding hydrogens is 481 g/mol. The Kier molecular flexibility index (Phi) is 9.11. The van der Waals surface area contributed by atoms with Gasteiger partial charge in [0.1, 0.15) is 0 Å². The van der Waals surface area contributed by atoms with Crippen LogP contribution in [0.3, 0.4) is 0 Å². The third-order valence-corrected chi connectivity index (χ3v) is 6.27. The summed E-state index contributed by atoms with van der Waals surface area (Å²) in [6.07, 6.45) is -0.607. The number of carboxylic acids is 1. The summed E-state index contributed by atoms with van der Waals surface area (Å²) in [6.45, 7) is 2.21. The zero-order valence-corrected chi connectivity index (χ0v) is 20.2. The number of rotatable bonds is 9. The van der Waals surface area contributed by atoms with Crippen molar-refractivity contribution in [2.75, 3.05) is 27.3 Å². The number of ether oxygens (including phenoxy) is 2. The predicted molar refractivity (Wildman–Crippen MR) is 128 cm³/mol. The van der Waals surface area contributed by atoms with Gasteiger partial charge in [0.15, 0.2) is 17.2 Å². The Morgan fingerprint density at radius 3 is 2.51 bits per heavy atom. The summed E-state index contributed by atoms with van der Waals surface area (Å²) < 4.78 is 48.1. The van der Waals surface area contributed by atoms with Crippen LogP contribution in [0.4, 0.5) is 13.2 Å². The Bertz CT molecular complexity index is 1130. The van der Waals surface area contributed by atoms with Crippen molar-refractivity contribution < 1.29 is 32.5 Å². The molecule has 1 aliphatic carbocycles. The van der Waals surface area contributed by atoms with Crippen LogP contribution in [-0.4, -0.2) is 43.4 Å². The van der Waals surface area contributed by atoms with Crippen LogP contribution in [0, 0.1) is 5.92 Å². The minimum Gasteiger partial charge on any atom is -0.493 e. The molecule has 3 aromatic rings. The highest BCUT2D eigenvalue weighted by Crippen LogP contribution is 2.34. The van der Waals surface area contributed by atoms with Crippen LogP contribution in [0.2, 0.25) is 0 Å². The average Bonchev–Trinajstić information content (AvgIpc) is 3.53. The molecule has 0 spiro atoms. The summed E-state index contributed by atoms with van der Waals surface area (Å²) >= 11 is 0.991. The van der Waals surface area contributed by atoms with Gasteiger partial charge in [-0.1, -0.05) is 18.2 Å². The van der Waals surface area contributed by atoms with Crippen molar-refractivity contribution in [1.29, 1.82) is 0 Å². The van der Waals surface area contributed by atoms with Crippen LogP contribution >= 0.6 is 11.3 Å². The van der Waals surface area contributed by atoms with Crippen molar-refractivity contribution in [3.8, 4) is 21.9 Å². The van der Waals surface area contributed by atoms with Crippen LogP contribution in [-0.2, 0) is 12.6 Å². The first kappa shape index (κ1) is 26.5.